The highest BCUT2D eigenvalue weighted by atomic mass is 16.5. The molecule has 0 spiro atoms. The molecule has 1 atom stereocenters. The van der Waals surface area contributed by atoms with E-state index in [0.717, 1.165) is 24.0 Å². The molecule has 1 aromatic carbocycles. The average molecular weight is 334 g/mol. The number of nitrogens with one attached hydrogen (secondary N) is 1. The Balaban J connectivity index is 2.37. The van der Waals surface area contributed by atoms with Gasteiger partial charge in [-0.3, -0.25) is 9.59 Å². The number of hydrogen-bond donors (Lipinski definition) is 2. The second-order valence-electron chi connectivity index (χ2n) is 5.92. The van der Waals surface area contributed by atoms with E-state index < -0.39 is 12.1 Å². The fourth-order valence-electron chi connectivity index (χ4n) is 2.31. The highest BCUT2D eigenvalue weighted by molar-refractivity contribution is 6.01. The van der Waals surface area contributed by atoms with Crippen molar-refractivity contribution in [2.45, 2.75) is 52.6 Å². The molecule has 0 fully saturated rings. The molecule has 3 N–H and O–H groups in total. The highest BCUT2D eigenvalue weighted by Gasteiger charge is 2.20. The summed E-state index contributed by atoms with van der Waals surface area (Å²) in [7, 11) is 0. The summed E-state index contributed by atoms with van der Waals surface area (Å²) in [4.78, 5) is 34.7. The predicted molar refractivity (Wildman–Crippen MR) is 91.9 cm³/mol. The van der Waals surface area contributed by atoms with Gasteiger partial charge in [0.15, 0.2) is 6.10 Å². The number of ether oxygens (including phenoxy) is 1. The molecule has 132 valence electrons. The van der Waals surface area contributed by atoms with Gasteiger partial charge in [-0.25, -0.2) is 4.79 Å². The molecule has 0 radical (unpaired) electrons. The number of Topliss-reactive ketones (excluding diaryl/α,β-unsaturated/α-hetero) is 1. The number of rotatable bonds is 9. The predicted octanol–water partition coefficient (Wildman–Crippen LogP) is 2.65. The summed E-state index contributed by atoms with van der Waals surface area (Å²) in [6.45, 7) is 5.87. The van der Waals surface area contributed by atoms with Gasteiger partial charge in [0.05, 0.1) is 0 Å². The Hall–Kier alpha value is -2.37. The van der Waals surface area contributed by atoms with Crippen LogP contribution in [0.15, 0.2) is 18.2 Å². The van der Waals surface area contributed by atoms with Crippen LogP contribution in [0.25, 0.3) is 0 Å². The van der Waals surface area contributed by atoms with Crippen LogP contribution in [0.3, 0.4) is 0 Å². The van der Waals surface area contributed by atoms with Gasteiger partial charge in [-0.2, -0.15) is 0 Å². The minimum atomic E-state index is -0.797. The number of aryl methyl sites for hydroxylation is 2. The van der Waals surface area contributed by atoms with Crippen molar-refractivity contribution in [2.24, 2.45) is 5.73 Å². The van der Waals surface area contributed by atoms with Crippen LogP contribution < -0.4 is 11.1 Å². The summed E-state index contributed by atoms with van der Waals surface area (Å²) in [5.74, 6) is -0.570. The molecule has 0 aromatic heterocycles. The highest BCUT2D eigenvalue weighted by Crippen LogP contribution is 2.15. The SMILES string of the molecule is Cc1ccc(C)c(C(=O)[C@@H](C)OC(=O)CCCCCNC(N)=O)c1. The average Bonchev–Trinajstić information content (AvgIpc) is 2.52. The van der Waals surface area contributed by atoms with Gasteiger partial charge in [-0.05, 0) is 45.2 Å². The van der Waals surface area contributed by atoms with Gasteiger partial charge in [0.1, 0.15) is 0 Å². The van der Waals surface area contributed by atoms with Crippen molar-refractivity contribution in [3.63, 3.8) is 0 Å². The number of carbonyl (C=O) groups excluding carboxylic acids is 3. The zero-order valence-corrected chi connectivity index (χ0v) is 14.6. The van der Waals surface area contributed by atoms with Crippen LogP contribution in [0.5, 0.6) is 0 Å². The number of ketones is 1. The molecule has 6 nitrogen and oxygen atoms in total. The smallest absolute Gasteiger partial charge is 0.312 e. The second-order valence-corrected chi connectivity index (χ2v) is 5.92. The Bertz CT molecular complexity index is 599. The maximum atomic E-state index is 12.4. The first-order valence-electron chi connectivity index (χ1n) is 8.15. The third kappa shape index (κ3) is 6.81. The van der Waals surface area contributed by atoms with E-state index in [0.29, 0.717) is 18.5 Å². The van der Waals surface area contributed by atoms with Crippen LogP contribution in [-0.4, -0.2) is 30.4 Å². The van der Waals surface area contributed by atoms with Gasteiger partial charge in [0, 0.05) is 18.5 Å². The molecule has 1 aromatic rings. The lowest BCUT2D eigenvalue weighted by Gasteiger charge is -2.14. The minimum Gasteiger partial charge on any atom is -0.454 e. The van der Waals surface area contributed by atoms with Crippen molar-refractivity contribution in [3.8, 4) is 0 Å². The van der Waals surface area contributed by atoms with E-state index in [1.807, 2.05) is 32.0 Å². The van der Waals surface area contributed by atoms with E-state index in [1.165, 1.54) is 0 Å². The number of benzene rings is 1. The number of unbranched alkanes of at least 4 members (excludes halogenated alkanes) is 2. The van der Waals surface area contributed by atoms with Crippen molar-refractivity contribution >= 4 is 17.8 Å². The van der Waals surface area contributed by atoms with Crippen LogP contribution in [0.2, 0.25) is 0 Å². The molecule has 2 amide bonds. The van der Waals surface area contributed by atoms with Crippen LogP contribution in [0, 0.1) is 13.8 Å². The number of hydrogen-bond acceptors (Lipinski definition) is 4. The Morgan fingerprint density at radius 2 is 1.88 bits per heavy atom. The Morgan fingerprint density at radius 3 is 2.54 bits per heavy atom. The first-order chi connectivity index (χ1) is 11.3. The quantitative estimate of drug-likeness (QED) is 0.412. The van der Waals surface area contributed by atoms with Gasteiger partial charge in [-0.1, -0.05) is 24.1 Å². The van der Waals surface area contributed by atoms with Crippen molar-refractivity contribution in [1.82, 2.24) is 5.32 Å². The van der Waals surface area contributed by atoms with Crippen LogP contribution in [-0.2, 0) is 9.53 Å². The normalized spacial score (nSPS) is 11.6. The number of nitrogens with two attached hydrogens (primary N) is 1. The zero-order valence-electron chi connectivity index (χ0n) is 14.6. The molecular formula is C18H26N2O4. The van der Waals surface area contributed by atoms with E-state index in [4.69, 9.17) is 10.5 Å². The summed E-state index contributed by atoms with van der Waals surface area (Å²) in [5.41, 5.74) is 7.40. The summed E-state index contributed by atoms with van der Waals surface area (Å²) in [6.07, 6.45) is 1.61. The number of carbonyl (C=O) groups is 3. The fourth-order valence-corrected chi connectivity index (χ4v) is 2.31. The number of urea groups is 1. The van der Waals surface area contributed by atoms with Crippen molar-refractivity contribution in [1.29, 1.82) is 0 Å². The molecule has 6 heteroatoms. The van der Waals surface area contributed by atoms with Gasteiger partial charge in [0.2, 0.25) is 5.78 Å². The summed E-state index contributed by atoms with van der Waals surface area (Å²) < 4.78 is 5.23. The molecule has 0 heterocycles. The Labute approximate surface area is 142 Å². The monoisotopic (exact) mass is 334 g/mol. The number of primary amides is 1. The molecule has 0 saturated heterocycles. The molecule has 0 bridgehead atoms. The Kier molecular flexibility index (Phi) is 7.95. The zero-order chi connectivity index (χ0) is 18.1. The maximum absolute atomic E-state index is 12.4. The van der Waals surface area contributed by atoms with Gasteiger partial charge in [-0.15, -0.1) is 0 Å². The first kappa shape index (κ1) is 19.7. The largest absolute Gasteiger partial charge is 0.454 e. The summed E-state index contributed by atoms with van der Waals surface area (Å²) in [6, 6.07) is 5.09. The summed E-state index contributed by atoms with van der Waals surface area (Å²) >= 11 is 0. The molecule has 0 saturated carbocycles. The van der Waals surface area contributed by atoms with Crippen molar-refractivity contribution in [2.75, 3.05) is 6.54 Å². The van der Waals surface area contributed by atoms with Crippen LogP contribution >= 0.6 is 0 Å². The molecule has 1 rings (SSSR count). The third-order valence-electron chi connectivity index (χ3n) is 3.69. The van der Waals surface area contributed by atoms with Gasteiger partial charge >= 0.3 is 12.0 Å². The molecule has 0 aliphatic rings. The van der Waals surface area contributed by atoms with Crippen molar-refractivity contribution < 1.29 is 19.1 Å². The molecule has 0 aliphatic carbocycles. The van der Waals surface area contributed by atoms with E-state index in [2.05, 4.69) is 5.32 Å². The summed E-state index contributed by atoms with van der Waals surface area (Å²) in [5, 5.41) is 2.49. The maximum Gasteiger partial charge on any atom is 0.312 e. The Morgan fingerprint density at radius 1 is 1.17 bits per heavy atom. The molecular weight excluding hydrogens is 308 g/mol. The lowest BCUT2D eigenvalue weighted by atomic mass is 9.99. The van der Waals surface area contributed by atoms with E-state index in [-0.39, 0.29) is 18.2 Å². The lowest BCUT2D eigenvalue weighted by molar-refractivity contribution is -0.146. The second kappa shape index (κ2) is 9.70. The standard InChI is InChI=1S/C18H26N2O4/c1-12-8-9-13(2)15(11-12)17(22)14(3)24-16(21)7-5-4-6-10-20-18(19)23/h8-9,11,14H,4-7,10H2,1-3H3,(H3,19,20,23)/t14-/m1/s1. The number of esters is 1. The van der Waals surface area contributed by atoms with Gasteiger partial charge in [0.25, 0.3) is 0 Å². The molecule has 24 heavy (non-hydrogen) atoms. The number of amides is 2. The van der Waals surface area contributed by atoms with Crippen LogP contribution in [0.1, 0.15) is 54.1 Å². The minimum absolute atomic E-state index is 0.185. The fraction of sp³-hybridized carbons (Fsp3) is 0.500. The first-order valence-corrected chi connectivity index (χ1v) is 8.15. The van der Waals surface area contributed by atoms with E-state index in [9.17, 15) is 14.4 Å². The lowest BCUT2D eigenvalue weighted by Crippen LogP contribution is -2.30. The van der Waals surface area contributed by atoms with Crippen molar-refractivity contribution in [3.05, 3.63) is 34.9 Å². The van der Waals surface area contributed by atoms with E-state index >= 15 is 0 Å². The third-order valence-corrected chi connectivity index (χ3v) is 3.69. The van der Waals surface area contributed by atoms with E-state index in [1.54, 1.807) is 6.92 Å². The molecule has 0 unspecified atom stereocenters. The van der Waals surface area contributed by atoms with Crippen LogP contribution in [0.4, 0.5) is 4.79 Å². The molecule has 0 aliphatic heterocycles. The topological polar surface area (TPSA) is 98.5 Å². The van der Waals surface area contributed by atoms with Gasteiger partial charge < -0.3 is 15.8 Å².